The fraction of sp³-hybridized carbons (Fsp3) is 0.500. The topological polar surface area (TPSA) is 3.24 Å². The van der Waals surface area contributed by atoms with Crippen LogP contribution in [0.2, 0.25) is 13.1 Å². The van der Waals surface area contributed by atoms with Crippen molar-refractivity contribution in [1.82, 2.24) is 4.57 Å². The Balaban J connectivity index is 0. The Labute approximate surface area is 162 Å². The molecule has 0 radical (unpaired) electrons. The molecule has 5 heteroatoms. The average Bonchev–Trinajstić information content (AvgIpc) is 3.14. The van der Waals surface area contributed by atoms with E-state index in [-0.39, 0.29) is 51.0 Å². The summed E-state index contributed by atoms with van der Waals surface area (Å²) in [5, 5.41) is 1.52. The second-order valence-corrected chi connectivity index (χ2v) is 9.74. The van der Waals surface area contributed by atoms with Gasteiger partial charge in [-0.3, -0.25) is 12.2 Å². The van der Waals surface area contributed by atoms with E-state index in [1.54, 1.807) is 0 Å². The molecule has 0 bridgehead atoms. The van der Waals surface area contributed by atoms with Crippen molar-refractivity contribution in [2.75, 3.05) is 13.1 Å². The number of nitrogens with zero attached hydrogens (tertiary/aromatic N) is 1. The Kier molecular flexibility index (Phi) is 13.7. The Morgan fingerprint density at radius 2 is 1.71 bits per heavy atom. The fourth-order valence-corrected chi connectivity index (χ4v) is 5.45. The minimum Gasteiger partial charge on any atom is -0.322 e. The van der Waals surface area contributed by atoms with E-state index in [1.807, 2.05) is 12.2 Å². The van der Waals surface area contributed by atoms with Crippen molar-refractivity contribution in [2.45, 2.75) is 38.8 Å². The molecule has 0 aromatic heterocycles. The zero-order chi connectivity index (χ0) is 12.8. The summed E-state index contributed by atoms with van der Waals surface area (Å²) in [5.41, 5.74) is 0. The second-order valence-electron chi connectivity index (χ2n) is 5.45. The molecular weight excluding hydrogens is 396 g/mol. The van der Waals surface area contributed by atoms with E-state index >= 15 is 0 Å². The molecule has 3 aliphatic rings. The van der Waals surface area contributed by atoms with Gasteiger partial charge in [0.15, 0.2) is 0 Å². The van der Waals surface area contributed by atoms with Gasteiger partial charge >= 0.3 is 26.2 Å². The molecule has 0 saturated carbocycles. The summed E-state index contributed by atoms with van der Waals surface area (Å²) in [6, 6.07) is 0. The van der Waals surface area contributed by atoms with Crippen molar-refractivity contribution in [1.29, 1.82) is 0 Å². The molecule has 0 unspecified atom stereocenters. The zero-order valence-corrected chi connectivity index (χ0v) is 18.0. The van der Waals surface area contributed by atoms with Crippen molar-refractivity contribution in [3.63, 3.8) is 0 Å². The third kappa shape index (κ3) is 7.14. The van der Waals surface area contributed by atoms with E-state index in [0.29, 0.717) is 0 Å². The van der Waals surface area contributed by atoms with E-state index < -0.39 is 8.24 Å². The van der Waals surface area contributed by atoms with Crippen LogP contribution in [-0.2, 0) is 26.2 Å². The first-order valence-electron chi connectivity index (χ1n) is 6.96. The molecule has 3 rings (SSSR count). The SMILES string of the molecule is C[Si](C)(C1=[C-]CC=C1)N1CCCC1.Cl.Cl.[C-]1=CC=CC1.[Zr+2]. The summed E-state index contributed by atoms with van der Waals surface area (Å²) >= 11 is 0. The van der Waals surface area contributed by atoms with E-state index in [2.05, 4.69) is 48.0 Å². The first-order chi connectivity index (χ1) is 8.71. The molecule has 2 aliphatic carbocycles. The van der Waals surface area contributed by atoms with Gasteiger partial charge in [-0.15, -0.1) is 37.7 Å². The van der Waals surface area contributed by atoms with Crippen molar-refractivity contribution in [3.05, 3.63) is 47.7 Å². The summed E-state index contributed by atoms with van der Waals surface area (Å²) in [7, 11) is -1.29. The molecule has 1 heterocycles. The second kappa shape index (κ2) is 12.1. The zero-order valence-electron chi connectivity index (χ0n) is 12.9. The minimum atomic E-state index is -1.29. The van der Waals surface area contributed by atoms with Crippen LogP contribution in [-0.4, -0.2) is 25.9 Å². The summed E-state index contributed by atoms with van der Waals surface area (Å²) in [6.07, 6.45) is 21.9. The van der Waals surface area contributed by atoms with Crippen LogP contribution in [0.1, 0.15) is 25.7 Å². The minimum absolute atomic E-state index is 0. The van der Waals surface area contributed by atoms with Crippen LogP contribution in [0.25, 0.3) is 0 Å². The molecule has 1 nitrogen and oxygen atoms in total. The number of hydrogen-bond acceptors (Lipinski definition) is 1. The molecule has 0 N–H and O–H groups in total. The standard InChI is InChI=1S/C11H18NSi.C5H5.2ClH.Zr/c1-13(2,11-7-3-4-8-11)12-9-5-6-10-12;1-2-4-5-3-1;;;/h3,7H,4-6,9-10H2,1-2H3;1-3H,4H2;2*1H;/q2*-1;;;+2. The number of allylic oxidation sites excluding steroid dienone is 8. The maximum atomic E-state index is 3.50. The smallest absolute Gasteiger partial charge is 0.322 e. The van der Waals surface area contributed by atoms with Crippen LogP contribution in [0.3, 0.4) is 0 Å². The summed E-state index contributed by atoms with van der Waals surface area (Å²) in [5.74, 6) is 0. The van der Waals surface area contributed by atoms with Crippen LogP contribution in [0.4, 0.5) is 0 Å². The third-order valence-electron chi connectivity index (χ3n) is 3.84. The summed E-state index contributed by atoms with van der Waals surface area (Å²) < 4.78 is 2.71. The molecule has 0 atom stereocenters. The molecule has 1 aliphatic heterocycles. The van der Waals surface area contributed by atoms with Gasteiger partial charge in [-0.1, -0.05) is 13.1 Å². The van der Waals surface area contributed by atoms with Crippen LogP contribution in [0.15, 0.2) is 35.6 Å². The first-order valence-corrected chi connectivity index (χ1v) is 9.90. The summed E-state index contributed by atoms with van der Waals surface area (Å²) in [4.78, 5) is 0. The molecule has 1 saturated heterocycles. The Morgan fingerprint density at radius 3 is 2.10 bits per heavy atom. The van der Waals surface area contributed by atoms with Gasteiger partial charge in [-0.25, -0.2) is 23.4 Å². The predicted octanol–water partition coefficient (Wildman–Crippen LogP) is 4.66. The molecule has 0 amide bonds. The summed E-state index contributed by atoms with van der Waals surface area (Å²) in [6.45, 7) is 7.54. The molecule has 0 aromatic rings. The van der Waals surface area contributed by atoms with Gasteiger partial charge in [-0.05, 0) is 25.9 Å². The van der Waals surface area contributed by atoms with Crippen molar-refractivity contribution >= 4 is 33.0 Å². The van der Waals surface area contributed by atoms with Crippen LogP contribution < -0.4 is 0 Å². The van der Waals surface area contributed by atoms with E-state index in [0.717, 1.165) is 12.8 Å². The quantitative estimate of drug-likeness (QED) is 0.463. The van der Waals surface area contributed by atoms with E-state index in [9.17, 15) is 0 Å². The average molecular weight is 422 g/mol. The molecular formula is C16H25Cl2NSiZr. The molecule has 116 valence electrons. The van der Waals surface area contributed by atoms with Crippen molar-refractivity contribution in [3.8, 4) is 0 Å². The van der Waals surface area contributed by atoms with Gasteiger partial charge in [0.25, 0.3) is 0 Å². The van der Waals surface area contributed by atoms with Gasteiger partial charge in [-0.2, -0.15) is 12.2 Å². The van der Waals surface area contributed by atoms with Gasteiger partial charge < -0.3 is 4.57 Å². The van der Waals surface area contributed by atoms with Gasteiger partial charge in [0.05, 0.1) is 0 Å². The Hall–Kier alpha value is 0.600. The largest absolute Gasteiger partial charge is 2.00 e. The third-order valence-corrected chi connectivity index (χ3v) is 7.53. The van der Waals surface area contributed by atoms with Gasteiger partial charge in [0.1, 0.15) is 8.24 Å². The molecule has 0 aromatic carbocycles. The number of halogens is 2. The molecule has 0 spiro atoms. The first kappa shape index (κ1) is 23.9. The van der Waals surface area contributed by atoms with Crippen LogP contribution in [0, 0.1) is 12.2 Å². The van der Waals surface area contributed by atoms with Crippen molar-refractivity contribution < 1.29 is 26.2 Å². The Morgan fingerprint density at radius 1 is 1.05 bits per heavy atom. The van der Waals surface area contributed by atoms with Gasteiger partial charge in [0, 0.05) is 0 Å². The molecule has 1 fully saturated rings. The maximum Gasteiger partial charge on any atom is 2.00 e. The monoisotopic (exact) mass is 419 g/mol. The van der Waals surface area contributed by atoms with Gasteiger partial charge in [0.2, 0.25) is 0 Å². The number of hydrogen-bond donors (Lipinski definition) is 0. The number of rotatable bonds is 2. The normalized spacial score (nSPS) is 19.0. The predicted molar refractivity (Wildman–Crippen MR) is 94.9 cm³/mol. The Bertz CT molecular complexity index is 387. The van der Waals surface area contributed by atoms with Crippen molar-refractivity contribution in [2.24, 2.45) is 0 Å². The maximum absolute atomic E-state index is 3.50. The van der Waals surface area contributed by atoms with E-state index in [1.165, 1.54) is 31.1 Å². The molecule has 21 heavy (non-hydrogen) atoms. The van der Waals surface area contributed by atoms with Crippen LogP contribution >= 0.6 is 24.8 Å². The van der Waals surface area contributed by atoms with Crippen LogP contribution in [0.5, 0.6) is 0 Å². The fourth-order valence-electron chi connectivity index (χ4n) is 2.61. The van der Waals surface area contributed by atoms with E-state index in [4.69, 9.17) is 0 Å².